The van der Waals surface area contributed by atoms with Gasteiger partial charge in [-0.3, -0.25) is 4.79 Å². The first-order valence-corrected chi connectivity index (χ1v) is 10.4. The van der Waals surface area contributed by atoms with E-state index < -0.39 is 10.0 Å². The highest BCUT2D eigenvalue weighted by Gasteiger charge is 2.15. The van der Waals surface area contributed by atoms with Crippen molar-refractivity contribution in [2.45, 2.75) is 25.3 Å². The molecule has 5 nitrogen and oxygen atoms in total. The second-order valence-electron chi connectivity index (χ2n) is 6.56. The van der Waals surface area contributed by atoms with E-state index in [1.165, 1.54) is 24.3 Å². The monoisotopic (exact) mass is 394 g/mol. The molecule has 3 aromatic carbocycles. The highest BCUT2D eigenvalue weighted by Crippen LogP contribution is 2.20. The summed E-state index contributed by atoms with van der Waals surface area (Å²) in [6, 6.07) is 21.0. The maximum absolute atomic E-state index is 12.5. The zero-order valence-electron chi connectivity index (χ0n) is 15.8. The number of para-hydroxylation sites is 1. The van der Waals surface area contributed by atoms with Crippen molar-refractivity contribution in [1.29, 1.82) is 0 Å². The molecule has 0 aliphatic rings. The topological polar surface area (TPSA) is 75.3 Å². The van der Waals surface area contributed by atoms with Crippen LogP contribution in [-0.4, -0.2) is 14.3 Å². The second-order valence-corrected chi connectivity index (χ2v) is 8.32. The fraction of sp³-hybridized carbons (Fsp3) is 0.136. The number of carbonyl (C=O) groups is 1. The number of hydrogen-bond acceptors (Lipinski definition) is 3. The van der Waals surface area contributed by atoms with Gasteiger partial charge in [-0.05, 0) is 54.8 Å². The molecule has 0 saturated carbocycles. The average Bonchev–Trinajstić information content (AvgIpc) is 2.70. The van der Waals surface area contributed by atoms with Gasteiger partial charge in [0.15, 0.2) is 0 Å². The Balaban J connectivity index is 1.71. The Labute approximate surface area is 165 Å². The molecule has 0 aliphatic carbocycles. The quantitative estimate of drug-likeness (QED) is 0.663. The molecule has 0 aromatic heterocycles. The Kier molecular flexibility index (Phi) is 5.92. The van der Waals surface area contributed by atoms with Gasteiger partial charge in [0.05, 0.1) is 4.90 Å². The van der Waals surface area contributed by atoms with Crippen LogP contribution in [0.2, 0.25) is 0 Å². The van der Waals surface area contributed by atoms with E-state index in [0.29, 0.717) is 5.56 Å². The Hall–Kier alpha value is -2.96. The van der Waals surface area contributed by atoms with Gasteiger partial charge in [0.1, 0.15) is 0 Å². The summed E-state index contributed by atoms with van der Waals surface area (Å²) in [5, 5.41) is 2.90. The Bertz CT molecular complexity index is 1060. The Morgan fingerprint density at radius 1 is 0.821 bits per heavy atom. The van der Waals surface area contributed by atoms with E-state index in [9.17, 15) is 13.2 Å². The molecule has 0 heterocycles. The van der Waals surface area contributed by atoms with Crippen molar-refractivity contribution < 1.29 is 13.2 Å². The van der Waals surface area contributed by atoms with E-state index in [0.717, 1.165) is 22.4 Å². The van der Waals surface area contributed by atoms with Crippen molar-refractivity contribution >= 4 is 21.6 Å². The maximum Gasteiger partial charge on any atom is 0.255 e. The minimum atomic E-state index is -3.65. The molecule has 0 unspecified atom stereocenters. The lowest BCUT2D eigenvalue weighted by Crippen LogP contribution is -2.23. The van der Waals surface area contributed by atoms with Crippen molar-refractivity contribution in [3.05, 3.63) is 95.1 Å². The van der Waals surface area contributed by atoms with Crippen molar-refractivity contribution in [1.82, 2.24) is 4.72 Å². The van der Waals surface area contributed by atoms with Crippen LogP contribution in [0.5, 0.6) is 0 Å². The minimum absolute atomic E-state index is 0.118. The molecule has 3 rings (SSSR count). The Morgan fingerprint density at radius 3 is 2.04 bits per heavy atom. The number of rotatable bonds is 6. The van der Waals surface area contributed by atoms with Crippen molar-refractivity contribution in [2.24, 2.45) is 0 Å². The fourth-order valence-electron chi connectivity index (χ4n) is 2.84. The van der Waals surface area contributed by atoms with Crippen LogP contribution in [0.25, 0.3) is 0 Å². The van der Waals surface area contributed by atoms with Gasteiger partial charge in [-0.25, -0.2) is 13.1 Å². The van der Waals surface area contributed by atoms with Gasteiger partial charge < -0.3 is 5.32 Å². The molecular formula is C22H22N2O3S. The minimum Gasteiger partial charge on any atom is -0.322 e. The van der Waals surface area contributed by atoms with Crippen LogP contribution in [-0.2, 0) is 16.6 Å². The molecule has 0 aliphatic heterocycles. The highest BCUT2D eigenvalue weighted by molar-refractivity contribution is 7.89. The zero-order chi connectivity index (χ0) is 20.1. The van der Waals surface area contributed by atoms with E-state index in [2.05, 4.69) is 10.0 Å². The molecule has 0 atom stereocenters. The van der Waals surface area contributed by atoms with Crippen LogP contribution >= 0.6 is 0 Å². The molecule has 2 N–H and O–H groups in total. The molecule has 0 spiro atoms. The third-order valence-corrected chi connectivity index (χ3v) is 5.87. The average molecular weight is 394 g/mol. The number of carbonyl (C=O) groups excluding carboxylic acids is 1. The SMILES string of the molecule is Cc1cccc(C)c1NC(=O)c1ccc(S(=O)(=O)NCc2ccccc2)cc1. The fourth-order valence-corrected chi connectivity index (χ4v) is 3.86. The van der Waals surface area contributed by atoms with E-state index in [1.807, 2.05) is 62.4 Å². The molecule has 144 valence electrons. The van der Waals surface area contributed by atoms with Gasteiger partial charge in [0, 0.05) is 17.8 Å². The number of sulfonamides is 1. The molecular weight excluding hydrogens is 372 g/mol. The zero-order valence-corrected chi connectivity index (χ0v) is 16.6. The molecule has 3 aromatic rings. The lowest BCUT2D eigenvalue weighted by atomic mass is 10.1. The molecule has 6 heteroatoms. The number of amides is 1. The first-order valence-electron chi connectivity index (χ1n) is 8.88. The summed E-state index contributed by atoms with van der Waals surface area (Å²) in [6.45, 7) is 4.06. The van der Waals surface area contributed by atoms with Crippen LogP contribution < -0.4 is 10.0 Å². The standard InChI is InChI=1S/C22H22N2O3S/c1-16-7-6-8-17(2)21(16)24-22(25)19-11-13-20(14-12-19)28(26,27)23-15-18-9-4-3-5-10-18/h3-14,23H,15H2,1-2H3,(H,24,25). The van der Waals surface area contributed by atoms with Crippen LogP contribution in [0, 0.1) is 13.8 Å². The number of hydrogen-bond donors (Lipinski definition) is 2. The predicted molar refractivity (Wildman–Crippen MR) is 111 cm³/mol. The van der Waals surface area contributed by atoms with Crippen molar-refractivity contribution in [3.8, 4) is 0 Å². The molecule has 0 fully saturated rings. The van der Waals surface area contributed by atoms with Gasteiger partial charge in [-0.2, -0.15) is 0 Å². The summed E-state index contributed by atoms with van der Waals surface area (Å²) in [4.78, 5) is 12.6. The summed E-state index contributed by atoms with van der Waals surface area (Å²) in [5.41, 5.74) is 3.98. The van der Waals surface area contributed by atoms with E-state index in [4.69, 9.17) is 0 Å². The third kappa shape index (κ3) is 4.65. The van der Waals surface area contributed by atoms with Crippen LogP contribution in [0.4, 0.5) is 5.69 Å². The smallest absolute Gasteiger partial charge is 0.255 e. The Morgan fingerprint density at radius 2 is 1.43 bits per heavy atom. The summed E-state index contributed by atoms with van der Waals surface area (Å²) >= 11 is 0. The first kappa shape index (κ1) is 19.8. The number of aryl methyl sites for hydroxylation is 2. The lowest BCUT2D eigenvalue weighted by molar-refractivity contribution is 0.102. The number of benzene rings is 3. The summed E-state index contributed by atoms with van der Waals surface area (Å²) in [7, 11) is -3.65. The van der Waals surface area contributed by atoms with Crippen LogP contribution in [0.15, 0.2) is 77.7 Å². The van der Waals surface area contributed by atoms with Gasteiger partial charge in [0.2, 0.25) is 10.0 Å². The number of nitrogens with one attached hydrogen (secondary N) is 2. The second kappa shape index (κ2) is 8.37. The normalized spacial score (nSPS) is 11.2. The van der Waals surface area contributed by atoms with Gasteiger partial charge >= 0.3 is 0 Å². The van der Waals surface area contributed by atoms with Gasteiger partial charge in [-0.15, -0.1) is 0 Å². The van der Waals surface area contributed by atoms with Gasteiger partial charge in [-0.1, -0.05) is 48.5 Å². The molecule has 28 heavy (non-hydrogen) atoms. The maximum atomic E-state index is 12.5. The lowest BCUT2D eigenvalue weighted by Gasteiger charge is -2.12. The summed E-state index contributed by atoms with van der Waals surface area (Å²) in [6.07, 6.45) is 0. The predicted octanol–water partition coefficient (Wildman–Crippen LogP) is 4.03. The first-order chi connectivity index (χ1) is 13.4. The van der Waals surface area contributed by atoms with Crippen LogP contribution in [0.1, 0.15) is 27.0 Å². The van der Waals surface area contributed by atoms with E-state index in [-0.39, 0.29) is 17.3 Å². The van der Waals surface area contributed by atoms with E-state index >= 15 is 0 Å². The molecule has 0 saturated heterocycles. The van der Waals surface area contributed by atoms with Crippen LogP contribution in [0.3, 0.4) is 0 Å². The third-order valence-electron chi connectivity index (χ3n) is 4.46. The largest absolute Gasteiger partial charge is 0.322 e. The van der Waals surface area contributed by atoms with Crippen molar-refractivity contribution in [3.63, 3.8) is 0 Å². The summed E-state index contributed by atoms with van der Waals surface area (Å²) in [5.74, 6) is -0.279. The molecule has 0 radical (unpaired) electrons. The van der Waals surface area contributed by atoms with Crippen molar-refractivity contribution in [2.75, 3.05) is 5.32 Å². The van der Waals surface area contributed by atoms with E-state index in [1.54, 1.807) is 0 Å². The molecule has 1 amide bonds. The van der Waals surface area contributed by atoms with Gasteiger partial charge in [0.25, 0.3) is 5.91 Å². The summed E-state index contributed by atoms with van der Waals surface area (Å²) < 4.78 is 27.5. The molecule has 0 bridgehead atoms. The number of anilines is 1. The highest BCUT2D eigenvalue weighted by atomic mass is 32.2.